The van der Waals surface area contributed by atoms with Gasteiger partial charge in [-0.05, 0) is 120 Å². The number of pyridine rings is 1. The van der Waals surface area contributed by atoms with Crippen LogP contribution in [0.2, 0.25) is 5.02 Å². The molecule has 1 unspecified atom stereocenters. The van der Waals surface area contributed by atoms with Crippen LogP contribution in [0.25, 0.3) is 44.0 Å². The van der Waals surface area contributed by atoms with Crippen LogP contribution in [0, 0.1) is 5.82 Å². The number of aryl methyl sites for hydroxylation is 1. The van der Waals surface area contributed by atoms with Crippen LogP contribution in [-0.4, -0.2) is 64.4 Å². The smallest absolute Gasteiger partial charge is 0.249 e. The van der Waals surface area contributed by atoms with Gasteiger partial charge < -0.3 is 28.8 Å². The number of aromatic nitrogens is 4. The number of nitrogens with one attached hydrogen (secondary N) is 2. The average molecular weight is 879 g/mol. The van der Waals surface area contributed by atoms with E-state index in [0.29, 0.717) is 68.0 Å². The molecule has 1 fully saturated rings. The molecule has 0 spiro atoms. The zero-order chi connectivity index (χ0) is 43.8. The van der Waals surface area contributed by atoms with E-state index < -0.39 is 6.04 Å². The van der Waals surface area contributed by atoms with Crippen molar-refractivity contribution in [2.24, 2.45) is 0 Å². The highest BCUT2D eigenvalue weighted by Crippen LogP contribution is 2.35. The summed E-state index contributed by atoms with van der Waals surface area (Å²) in [5.41, 5.74) is 7.08. The van der Waals surface area contributed by atoms with E-state index in [1.807, 2.05) is 71.3 Å². The number of anilines is 2. The molecule has 2 amide bonds. The van der Waals surface area contributed by atoms with Gasteiger partial charge in [0.15, 0.2) is 0 Å². The summed E-state index contributed by atoms with van der Waals surface area (Å²) in [6.45, 7) is 2.59. The molecule has 12 nitrogen and oxygen atoms in total. The molecule has 3 aromatic heterocycles. The molecule has 2 N–H and O–H groups in total. The maximum Gasteiger partial charge on any atom is 0.249 e. The highest BCUT2D eigenvalue weighted by molar-refractivity contribution is 6.32. The Balaban J connectivity index is 0.705. The van der Waals surface area contributed by atoms with Crippen molar-refractivity contribution in [2.45, 2.75) is 38.3 Å². The normalized spacial score (nSPS) is 14.0. The third-order valence-corrected chi connectivity index (χ3v) is 11.4. The average Bonchev–Trinajstić information content (AvgIpc) is 3.63. The molecule has 0 aliphatic carbocycles. The first-order valence-corrected chi connectivity index (χ1v) is 21.5. The number of rotatable bonds is 18. The molecule has 4 heterocycles. The number of halogens is 2. The fraction of sp³-hybridized carbons (Fsp3) is 0.220. The van der Waals surface area contributed by atoms with Crippen LogP contribution in [0.15, 0.2) is 128 Å². The molecule has 1 saturated heterocycles. The molecule has 5 aromatic carbocycles. The molecular formula is C50H44ClFN6O6. The molecule has 1 aliphatic heterocycles. The summed E-state index contributed by atoms with van der Waals surface area (Å²) >= 11 is 6.56. The summed E-state index contributed by atoms with van der Waals surface area (Å²) in [4.78, 5) is 38.1. The number of hydrogen-bond donors (Lipinski definition) is 2. The summed E-state index contributed by atoms with van der Waals surface area (Å²) in [5.74, 6) is 1.02. The molecule has 0 saturated carbocycles. The van der Waals surface area contributed by atoms with Crippen LogP contribution in [-0.2, 0) is 32.1 Å². The van der Waals surface area contributed by atoms with Crippen LogP contribution in [0.3, 0.4) is 0 Å². The van der Waals surface area contributed by atoms with E-state index in [4.69, 9.17) is 30.5 Å². The van der Waals surface area contributed by atoms with Crippen molar-refractivity contribution in [1.82, 2.24) is 24.8 Å². The van der Waals surface area contributed by atoms with Gasteiger partial charge >= 0.3 is 0 Å². The highest BCUT2D eigenvalue weighted by atomic mass is 35.5. The minimum Gasteiger partial charge on any atom is -0.491 e. The molecule has 0 bridgehead atoms. The standard InChI is InChI=1S/C50H44ClFN6O6/c51-42-29-37(12-18-46(42)64-30-33-4-1-6-36(52)26-33)56-48-41-28-35(11-15-43(41)54-31-55-48)34-9-13-38(14-10-34)63-25-24-62-23-22-61-21-3-5-32-8-16-44-40(27-32)39-7-2-20-53-49(39)58(44)45-17-19-47(59)57-50(45)60/h1-2,4,6-16,18,20,26-29,31,45H,3,5,17,19,21-25,30H2,(H,54,55,56)(H,57,59,60). The number of nitrogens with zero attached hydrogens (tertiary/aromatic N) is 4. The van der Waals surface area contributed by atoms with E-state index in [9.17, 15) is 14.0 Å². The van der Waals surface area contributed by atoms with Gasteiger partial charge in [0.2, 0.25) is 11.8 Å². The topological polar surface area (TPSA) is 139 Å². The molecule has 1 atom stereocenters. The van der Waals surface area contributed by atoms with Crippen LogP contribution in [0.1, 0.15) is 36.4 Å². The number of carbonyl (C=O) groups excluding carboxylic acids is 2. The molecule has 324 valence electrons. The monoisotopic (exact) mass is 878 g/mol. The first-order chi connectivity index (χ1) is 31.4. The predicted molar refractivity (Wildman–Crippen MR) is 245 cm³/mol. The van der Waals surface area contributed by atoms with E-state index in [-0.39, 0.29) is 24.2 Å². The Hall–Kier alpha value is -6.93. The number of piperidine rings is 1. The minimum absolute atomic E-state index is 0.192. The van der Waals surface area contributed by atoms with Crippen molar-refractivity contribution in [3.63, 3.8) is 0 Å². The Bertz CT molecular complexity index is 2960. The summed E-state index contributed by atoms with van der Waals surface area (Å²) in [5, 5.41) is 9.12. The molecule has 8 aromatic rings. The summed E-state index contributed by atoms with van der Waals surface area (Å²) in [6, 6.07) is 35.3. The second-order valence-corrected chi connectivity index (χ2v) is 15.8. The number of hydrogen-bond acceptors (Lipinski definition) is 10. The number of benzene rings is 5. The van der Waals surface area contributed by atoms with Gasteiger partial charge in [-0.2, -0.15) is 0 Å². The van der Waals surface area contributed by atoms with Crippen molar-refractivity contribution in [1.29, 1.82) is 0 Å². The van der Waals surface area contributed by atoms with Gasteiger partial charge in [0, 0.05) is 41.1 Å². The van der Waals surface area contributed by atoms with Gasteiger partial charge in [-0.25, -0.2) is 19.3 Å². The largest absolute Gasteiger partial charge is 0.491 e. The number of fused-ring (bicyclic) bond motifs is 4. The maximum atomic E-state index is 13.6. The second-order valence-electron chi connectivity index (χ2n) is 15.4. The van der Waals surface area contributed by atoms with Crippen molar-refractivity contribution >= 4 is 67.8 Å². The van der Waals surface area contributed by atoms with E-state index in [1.54, 1.807) is 30.5 Å². The van der Waals surface area contributed by atoms with Gasteiger partial charge in [0.25, 0.3) is 0 Å². The van der Waals surface area contributed by atoms with Crippen LogP contribution in [0.4, 0.5) is 15.9 Å². The van der Waals surface area contributed by atoms with Crippen LogP contribution < -0.4 is 20.1 Å². The first-order valence-electron chi connectivity index (χ1n) is 21.1. The SMILES string of the molecule is O=C1CCC(n2c3ccc(CCCOCCOCCOc4ccc(-c5ccc6ncnc(Nc7ccc(OCc8cccc(F)c8)c(Cl)c7)c6c5)cc4)cc3c3cccnc32)C(=O)N1. The molecule has 64 heavy (non-hydrogen) atoms. The van der Waals surface area contributed by atoms with E-state index in [2.05, 4.69) is 37.7 Å². The van der Waals surface area contributed by atoms with Gasteiger partial charge in [-0.3, -0.25) is 14.9 Å². The Labute approximate surface area is 373 Å². The van der Waals surface area contributed by atoms with Crippen molar-refractivity contribution in [2.75, 3.05) is 38.4 Å². The fourth-order valence-corrected chi connectivity index (χ4v) is 8.18. The maximum absolute atomic E-state index is 13.6. The van der Waals surface area contributed by atoms with E-state index in [1.165, 1.54) is 24.0 Å². The third-order valence-electron chi connectivity index (χ3n) is 11.1. The number of ether oxygens (including phenoxy) is 4. The van der Waals surface area contributed by atoms with Crippen molar-refractivity contribution < 1.29 is 32.9 Å². The Kier molecular flexibility index (Phi) is 13.0. The lowest BCUT2D eigenvalue weighted by atomic mass is 10.0. The Morgan fingerprint density at radius 2 is 1.59 bits per heavy atom. The number of amides is 2. The second kappa shape index (κ2) is 19.6. The van der Waals surface area contributed by atoms with Gasteiger partial charge in [0.05, 0.1) is 35.9 Å². The van der Waals surface area contributed by atoms with Gasteiger partial charge in [-0.1, -0.05) is 48.0 Å². The molecule has 9 rings (SSSR count). The van der Waals surface area contributed by atoms with Gasteiger partial charge in [0.1, 0.15) is 54.4 Å². The van der Waals surface area contributed by atoms with Gasteiger partial charge in [-0.15, -0.1) is 0 Å². The lowest BCUT2D eigenvalue weighted by Gasteiger charge is -2.23. The first kappa shape index (κ1) is 42.4. The molecular weight excluding hydrogens is 835 g/mol. The Morgan fingerprint density at radius 1 is 0.750 bits per heavy atom. The predicted octanol–water partition coefficient (Wildman–Crippen LogP) is 9.94. The van der Waals surface area contributed by atoms with Crippen molar-refractivity contribution in [3.05, 3.63) is 150 Å². The fourth-order valence-electron chi connectivity index (χ4n) is 7.94. The number of carbonyl (C=O) groups is 2. The van der Waals surface area contributed by atoms with Crippen molar-refractivity contribution in [3.8, 4) is 22.6 Å². The number of imide groups is 1. The van der Waals surface area contributed by atoms with E-state index in [0.717, 1.165) is 68.2 Å². The molecule has 14 heteroatoms. The zero-order valence-electron chi connectivity index (χ0n) is 34.8. The van der Waals surface area contributed by atoms with Crippen LogP contribution >= 0.6 is 11.6 Å². The lowest BCUT2D eigenvalue weighted by molar-refractivity contribution is -0.135. The quantitative estimate of drug-likeness (QED) is 0.0633. The third kappa shape index (κ3) is 9.82. The van der Waals surface area contributed by atoms with Crippen LogP contribution in [0.5, 0.6) is 11.5 Å². The minimum atomic E-state index is -0.478. The Morgan fingerprint density at radius 3 is 2.44 bits per heavy atom. The van der Waals surface area contributed by atoms with E-state index >= 15 is 0 Å². The lowest BCUT2D eigenvalue weighted by Crippen LogP contribution is -2.41. The summed E-state index contributed by atoms with van der Waals surface area (Å²) in [6.07, 6.45) is 5.69. The summed E-state index contributed by atoms with van der Waals surface area (Å²) in [7, 11) is 0. The molecule has 0 radical (unpaired) electrons. The molecule has 1 aliphatic rings. The highest BCUT2D eigenvalue weighted by Gasteiger charge is 2.31. The zero-order valence-corrected chi connectivity index (χ0v) is 35.5. The summed E-state index contributed by atoms with van der Waals surface area (Å²) < 4.78 is 38.9.